The Kier molecular flexibility index (Phi) is 5.52. The zero-order valence-electron chi connectivity index (χ0n) is 13.6. The average Bonchev–Trinajstić information content (AvgIpc) is 3.00. The second-order valence-electron chi connectivity index (χ2n) is 6.09. The van der Waals surface area contributed by atoms with Crippen LogP contribution in [-0.4, -0.2) is 51.1 Å². The van der Waals surface area contributed by atoms with Gasteiger partial charge in [0.05, 0.1) is 15.7 Å². The maximum Gasteiger partial charge on any atom is 0.335 e. The van der Waals surface area contributed by atoms with Crippen molar-refractivity contribution < 1.29 is 31.5 Å². The van der Waals surface area contributed by atoms with Gasteiger partial charge in [-0.15, -0.1) is 0 Å². The number of amides is 1. The third-order valence-electron chi connectivity index (χ3n) is 4.01. The van der Waals surface area contributed by atoms with Crippen LogP contribution in [0.4, 0.5) is 5.69 Å². The van der Waals surface area contributed by atoms with Crippen LogP contribution in [-0.2, 0) is 24.5 Å². The molecule has 8 nitrogen and oxygen atoms in total. The molecule has 2 N–H and O–H groups in total. The van der Waals surface area contributed by atoms with Crippen molar-refractivity contribution in [1.29, 1.82) is 0 Å². The Labute approximate surface area is 146 Å². The molecule has 138 valence electrons. The Morgan fingerprint density at radius 1 is 1.12 bits per heavy atom. The molecule has 1 amide bonds. The molecule has 0 saturated heterocycles. The number of anilines is 1. The van der Waals surface area contributed by atoms with Gasteiger partial charge in [0.1, 0.15) is 5.75 Å². The van der Waals surface area contributed by atoms with Crippen LogP contribution >= 0.6 is 0 Å². The molecule has 0 aromatic heterocycles. The molecule has 0 bridgehead atoms. The molecule has 1 aliphatic rings. The molecule has 25 heavy (non-hydrogen) atoms. The number of nitrogens with one attached hydrogen (secondary N) is 1. The molecule has 1 fully saturated rings. The first-order chi connectivity index (χ1) is 11.5. The topological polar surface area (TPSA) is 135 Å². The maximum atomic E-state index is 12.2. The molecule has 0 atom stereocenters. The average molecular weight is 389 g/mol. The van der Waals surface area contributed by atoms with Crippen LogP contribution in [0, 0.1) is 0 Å². The minimum absolute atomic E-state index is 0.0769. The van der Waals surface area contributed by atoms with Crippen molar-refractivity contribution >= 4 is 37.2 Å². The van der Waals surface area contributed by atoms with E-state index in [1.54, 1.807) is 0 Å². The summed E-state index contributed by atoms with van der Waals surface area (Å²) in [4.78, 5) is 22.9. The summed E-state index contributed by atoms with van der Waals surface area (Å²) in [6, 6.07) is 3.15. The number of sulfone groups is 2. The lowest BCUT2D eigenvalue weighted by molar-refractivity contribution is -0.113. The second-order valence-corrected chi connectivity index (χ2v) is 10.4. The maximum absolute atomic E-state index is 12.2. The summed E-state index contributed by atoms with van der Waals surface area (Å²) in [5, 5.41) is 10.8. The summed E-state index contributed by atoms with van der Waals surface area (Å²) in [5.41, 5.74) is -0.399. The van der Waals surface area contributed by atoms with E-state index in [9.17, 15) is 26.4 Å². The molecule has 1 aliphatic carbocycles. The Morgan fingerprint density at radius 3 is 2.24 bits per heavy atom. The Bertz CT molecular complexity index is 898. The quantitative estimate of drug-likeness (QED) is 0.743. The minimum Gasteiger partial charge on any atom is -0.478 e. The zero-order chi connectivity index (χ0) is 18.8. The van der Waals surface area contributed by atoms with Crippen LogP contribution in [0.1, 0.15) is 36.0 Å². The van der Waals surface area contributed by atoms with Crippen molar-refractivity contribution in [3.63, 3.8) is 0 Å². The Balaban J connectivity index is 2.22. The molecule has 1 saturated carbocycles. The number of carbonyl (C=O) groups is 2. The highest BCUT2D eigenvalue weighted by Crippen LogP contribution is 2.25. The van der Waals surface area contributed by atoms with E-state index in [0.717, 1.165) is 37.3 Å². The van der Waals surface area contributed by atoms with Gasteiger partial charge in [-0.1, -0.05) is 12.8 Å². The molecular weight excluding hydrogens is 370 g/mol. The summed E-state index contributed by atoms with van der Waals surface area (Å²) in [5.74, 6) is -2.91. The first-order valence-electron chi connectivity index (χ1n) is 7.59. The molecule has 10 heteroatoms. The zero-order valence-corrected chi connectivity index (χ0v) is 15.2. The lowest BCUT2D eigenvalue weighted by Gasteiger charge is -2.12. The second kappa shape index (κ2) is 7.12. The van der Waals surface area contributed by atoms with E-state index in [0.29, 0.717) is 12.8 Å². The highest BCUT2D eigenvalue weighted by atomic mass is 32.2. The largest absolute Gasteiger partial charge is 0.478 e. The van der Waals surface area contributed by atoms with Gasteiger partial charge in [0.25, 0.3) is 0 Å². The van der Waals surface area contributed by atoms with Crippen LogP contribution in [0.25, 0.3) is 0 Å². The predicted octanol–water partition coefficient (Wildman–Crippen LogP) is 1.08. The molecular formula is C15H19NO7S2. The van der Waals surface area contributed by atoms with E-state index in [1.165, 1.54) is 0 Å². The van der Waals surface area contributed by atoms with Crippen LogP contribution in [0.2, 0.25) is 0 Å². The van der Waals surface area contributed by atoms with Crippen molar-refractivity contribution in [2.24, 2.45) is 0 Å². The summed E-state index contributed by atoms with van der Waals surface area (Å²) < 4.78 is 47.7. The molecule has 2 rings (SSSR count). The predicted molar refractivity (Wildman–Crippen MR) is 91.2 cm³/mol. The number of carbonyl (C=O) groups excluding carboxylic acids is 1. The van der Waals surface area contributed by atoms with Crippen LogP contribution in [0.15, 0.2) is 23.1 Å². The van der Waals surface area contributed by atoms with E-state index in [-0.39, 0.29) is 16.1 Å². The van der Waals surface area contributed by atoms with Crippen LogP contribution < -0.4 is 5.32 Å². The molecule has 1 aromatic carbocycles. The molecule has 1 aromatic rings. The lowest BCUT2D eigenvalue weighted by atomic mass is 10.2. The van der Waals surface area contributed by atoms with Gasteiger partial charge < -0.3 is 10.4 Å². The molecule has 0 heterocycles. The van der Waals surface area contributed by atoms with Crippen LogP contribution in [0.3, 0.4) is 0 Å². The van der Waals surface area contributed by atoms with Gasteiger partial charge in [-0.25, -0.2) is 21.6 Å². The summed E-state index contributed by atoms with van der Waals surface area (Å²) >= 11 is 0. The van der Waals surface area contributed by atoms with Gasteiger partial charge in [0, 0.05) is 11.9 Å². The van der Waals surface area contributed by atoms with Crippen molar-refractivity contribution in [2.45, 2.75) is 35.8 Å². The fourth-order valence-electron chi connectivity index (χ4n) is 2.75. The van der Waals surface area contributed by atoms with Crippen molar-refractivity contribution in [2.75, 3.05) is 17.3 Å². The third kappa shape index (κ3) is 5.02. The fourth-order valence-corrected chi connectivity index (χ4v) is 5.16. The van der Waals surface area contributed by atoms with E-state index in [2.05, 4.69) is 5.32 Å². The smallest absolute Gasteiger partial charge is 0.335 e. The van der Waals surface area contributed by atoms with E-state index in [4.69, 9.17) is 5.11 Å². The summed E-state index contributed by atoms with van der Waals surface area (Å²) in [7, 11) is -7.29. The number of benzene rings is 1. The van der Waals surface area contributed by atoms with E-state index in [1.807, 2.05) is 0 Å². The first kappa shape index (κ1) is 19.4. The number of rotatable bonds is 6. The summed E-state index contributed by atoms with van der Waals surface area (Å²) in [6.07, 6.45) is 3.59. The highest BCUT2D eigenvalue weighted by Gasteiger charge is 2.30. The number of hydrogen-bond donors (Lipinski definition) is 2. The molecule has 0 radical (unpaired) electrons. The molecule has 0 aliphatic heterocycles. The van der Waals surface area contributed by atoms with Gasteiger partial charge in [-0.05, 0) is 31.0 Å². The van der Waals surface area contributed by atoms with Crippen molar-refractivity contribution in [3.05, 3.63) is 23.8 Å². The number of carboxylic acids is 1. The van der Waals surface area contributed by atoms with Crippen LogP contribution in [0.5, 0.6) is 0 Å². The number of aromatic carboxylic acids is 1. The van der Waals surface area contributed by atoms with Crippen molar-refractivity contribution in [1.82, 2.24) is 0 Å². The molecule has 0 unspecified atom stereocenters. The Hall–Kier alpha value is -1.94. The van der Waals surface area contributed by atoms with Gasteiger partial charge in [-0.2, -0.15) is 0 Å². The highest BCUT2D eigenvalue weighted by molar-refractivity contribution is 7.92. The fraction of sp³-hybridized carbons (Fsp3) is 0.467. The van der Waals surface area contributed by atoms with Gasteiger partial charge in [0.15, 0.2) is 19.7 Å². The lowest BCUT2D eigenvalue weighted by Crippen LogP contribution is -2.29. The van der Waals surface area contributed by atoms with Crippen molar-refractivity contribution in [3.8, 4) is 0 Å². The summed E-state index contributed by atoms with van der Waals surface area (Å²) in [6.45, 7) is 0. The normalized spacial score (nSPS) is 15.9. The first-order valence-corrected chi connectivity index (χ1v) is 11.2. The minimum atomic E-state index is -3.70. The monoisotopic (exact) mass is 389 g/mol. The third-order valence-corrected chi connectivity index (χ3v) is 7.25. The van der Waals surface area contributed by atoms with E-state index >= 15 is 0 Å². The number of hydrogen-bond acceptors (Lipinski definition) is 6. The SMILES string of the molecule is CS(=O)(=O)c1cc(NC(=O)CS(=O)(=O)C2CCCC2)cc(C(=O)O)c1. The van der Waals surface area contributed by atoms with Gasteiger partial charge in [0.2, 0.25) is 5.91 Å². The van der Waals surface area contributed by atoms with Gasteiger partial charge in [-0.3, -0.25) is 4.79 Å². The van der Waals surface area contributed by atoms with Gasteiger partial charge >= 0.3 is 5.97 Å². The number of carboxylic acid groups (broad SMARTS) is 1. The molecule has 0 spiro atoms. The Morgan fingerprint density at radius 2 is 1.72 bits per heavy atom. The standard InChI is InChI=1S/C15H19NO7S2/c1-24(20,21)13-7-10(15(18)19)6-11(8-13)16-14(17)9-25(22,23)12-4-2-3-5-12/h6-8,12H,2-5,9H2,1H3,(H,16,17)(H,18,19). The van der Waals surface area contributed by atoms with E-state index < -0.39 is 42.6 Å².